The van der Waals surface area contributed by atoms with E-state index in [4.69, 9.17) is 5.73 Å². The van der Waals surface area contributed by atoms with E-state index in [1.807, 2.05) is 0 Å². The Bertz CT molecular complexity index is 645. The van der Waals surface area contributed by atoms with E-state index in [2.05, 4.69) is 55.5 Å². The molecule has 0 amide bonds. The summed E-state index contributed by atoms with van der Waals surface area (Å²) < 4.78 is 1.10. The van der Waals surface area contributed by atoms with Crippen molar-refractivity contribution in [1.82, 2.24) is 9.97 Å². The van der Waals surface area contributed by atoms with Crippen LogP contribution < -0.4 is 11.1 Å². The van der Waals surface area contributed by atoms with E-state index in [1.165, 1.54) is 5.56 Å². The molecule has 1 unspecified atom stereocenters. The summed E-state index contributed by atoms with van der Waals surface area (Å²) in [5.74, 6) is 1.23. The monoisotopic (exact) mass is 348 g/mol. The molecule has 5 nitrogen and oxygen atoms in total. The van der Waals surface area contributed by atoms with Gasteiger partial charge in [0.1, 0.15) is 5.82 Å². The lowest BCUT2D eigenvalue weighted by Gasteiger charge is -2.25. The molecule has 0 fully saturated rings. The number of rotatable bonds is 3. The van der Waals surface area contributed by atoms with E-state index in [0.29, 0.717) is 11.7 Å². The minimum absolute atomic E-state index is 0.00154. The van der Waals surface area contributed by atoms with Crippen molar-refractivity contribution in [3.8, 4) is 5.88 Å². The van der Waals surface area contributed by atoms with Crippen LogP contribution in [-0.2, 0) is 12.8 Å². The third-order valence-electron chi connectivity index (χ3n) is 3.81. The Morgan fingerprint density at radius 1 is 1.29 bits per heavy atom. The Labute approximate surface area is 131 Å². The predicted octanol–water partition coefficient (Wildman–Crippen LogP) is 2.74. The average Bonchev–Trinajstić information content (AvgIpc) is 2.47. The van der Waals surface area contributed by atoms with E-state index in [9.17, 15) is 5.11 Å². The molecule has 2 aromatic rings. The number of nitrogens with two attached hydrogens (primary N) is 1. The van der Waals surface area contributed by atoms with Gasteiger partial charge >= 0.3 is 0 Å². The van der Waals surface area contributed by atoms with Crippen molar-refractivity contribution in [3.05, 3.63) is 39.9 Å². The summed E-state index contributed by atoms with van der Waals surface area (Å²) in [5.41, 5.74) is 7.63. The summed E-state index contributed by atoms with van der Waals surface area (Å²) >= 11 is 3.44. The second-order valence-corrected chi connectivity index (χ2v) is 6.26. The number of hydrogen-bond acceptors (Lipinski definition) is 5. The minimum atomic E-state index is -0.00154. The van der Waals surface area contributed by atoms with Crippen molar-refractivity contribution in [1.29, 1.82) is 0 Å². The Morgan fingerprint density at radius 2 is 2.05 bits per heavy atom. The van der Waals surface area contributed by atoms with Gasteiger partial charge in [0.15, 0.2) is 0 Å². The van der Waals surface area contributed by atoms with Crippen LogP contribution in [0.3, 0.4) is 0 Å². The van der Waals surface area contributed by atoms with Crippen molar-refractivity contribution in [3.63, 3.8) is 0 Å². The number of hydrogen-bond donors (Lipinski definition) is 3. The lowest BCUT2D eigenvalue weighted by atomic mass is 9.91. The second kappa shape index (κ2) is 5.89. The zero-order valence-electron chi connectivity index (χ0n) is 11.5. The molecule has 4 N–H and O–H groups in total. The fourth-order valence-corrected chi connectivity index (χ4v) is 2.92. The Balaban J connectivity index is 1.65. The number of benzene rings is 1. The Hall–Kier alpha value is -1.82. The summed E-state index contributed by atoms with van der Waals surface area (Å²) in [5, 5.41) is 13.1. The van der Waals surface area contributed by atoms with Gasteiger partial charge in [-0.3, -0.25) is 0 Å². The van der Waals surface area contributed by atoms with Gasteiger partial charge in [-0.15, -0.1) is 0 Å². The van der Waals surface area contributed by atoms with E-state index in [0.717, 1.165) is 35.8 Å². The third-order valence-corrected chi connectivity index (χ3v) is 4.34. The molecule has 1 aliphatic rings. The molecule has 0 spiro atoms. The summed E-state index contributed by atoms with van der Waals surface area (Å²) in [4.78, 5) is 7.95. The summed E-state index contributed by atoms with van der Waals surface area (Å²) in [7, 11) is 0. The van der Waals surface area contributed by atoms with Crippen molar-refractivity contribution >= 4 is 27.7 Å². The van der Waals surface area contributed by atoms with Crippen LogP contribution in [0.4, 0.5) is 11.8 Å². The van der Waals surface area contributed by atoms with Gasteiger partial charge in [-0.2, -0.15) is 9.97 Å². The predicted molar refractivity (Wildman–Crippen MR) is 86.3 cm³/mol. The maximum absolute atomic E-state index is 9.89. The first-order valence-electron chi connectivity index (χ1n) is 6.95. The fourth-order valence-electron chi connectivity index (χ4n) is 2.65. The maximum atomic E-state index is 9.89. The van der Waals surface area contributed by atoms with Crippen molar-refractivity contribution < 1.29 is 5.11 Å². The van der Waals surface area contributed by atoms with Gasteiger partial charge in [-0.25, -0.2) is 0 Å². The smallest absolute Gasteiger partial charge is 0.225 e. The first kappa shape index (κ1) is 14.1. The van der Waals surface area contributed by atoms with Crippen LogP contribution in [0.5, 0.6) is 5.88 Å². The molecule has 6 heteroatoms. The number of aryl methyl sites for hydroxylation is 1. The van der Waals surface area contributed by atoms with Crippen LogP contribution in [0.25, 0.3) is 0 Å². The molecular formula is C15H17BrN4O. The molecule has 21 heavy (non-hydrogen) atoms. The molecule has 1 atom stereocenters. The van der Waals surface area contributed by atoms with Crippen LogP contribution in [-0.4, -0.2) is 21.6 Å². The van der Waals surface area contributed by atoms with Crippen LogP contribution in [0.2, 0.25) is 0 Å². The van der Waals surface area contributed by atoms with Crippen LogP contribution in [0, 0.1) is 5.92 Å². The van der Waals surface area contributed by atoms with Gasteiger partial charge in [0, 0.05) is 11.0 Å². The van der Waals surface area contributed by atoms with Crippen LogP contribution in [0.15, 0.2) is 28.7 Å². The number of aromatic nitrogens is 2. The van der Waals surface area contributed by atoms with E-state index >= 15 is 0 Å². The van der Waals surface area contributed by atoms with E-state index in [-0.39, 0.29) is 11.8 Å². The number of aromatic hydroxyl groups is 1. The SMILES string of the molecule is Nc1nc(O)c2c(n1)NCC(CCc1ccc(Br)cc1)C2. The molecule has 0 aliphatic carbocycles. The number of nitrogens with zero attached hydrogens (tertiary/aromatic N) is 2. The topological polar surface area (TPSA) is 84.1 Å². The second-order valence-electron chi connectivity index (χ2n) is 5.35. The number of fused-ring (bicyclic) bond motifs is 1. The number of nitrogens with one attached hydrogen (secondary N) is 1. The van der Waals surface area contributed by atoms with Gasteiger partial charge < -0.3 is 16.2 Å². The van der Waals surface area contributed by atoms with Crippen molar-refractivity contribution in [2.45, 2.75) is 19.3 Å². The van der Waals surface area contributed by atoms with Crippen LogP contribution in [0.1, 0.15) is 17.5 Å². The third kappa shape index (κ3) is 3.26. The molecule has 0 bridgehead atoms. The van der Waals surface area contributed by atoms with Gasteiger partial charge in [0.05, 0.1) is 5.56 Å². The molecule has 0 saturated heterocycles. The van der Waals surface area contributed by atoms with E-state index < -0.39 is 0 Å². The number of halogens is 1. The lowest BCUT2D eigenvalue weighted by Crippen LogP contribution is -2.25. The minimum Gasteiger partial charge on any atom is -0.493 e. The van der Waals surface area contributed by atoms with Gasteiger partial charge in [0.2, 0.25) is 11.8 Å². The van der Waals surface area contributed by atoms with Gasteiger partial charge in [0.25, 0.3) is 0 Å². The quantitative estimate of drug-likeness (QED) is 0.794. The molecule has 0 radical (unpaired) electrons. The number of nitrogen functional groups attached to an aromatic ring is 1. The molecule has 110 valence electrons. The molecule has 2 heterocycles. The highest BCUT2D eigenvalue weighted by atomic mass is 79.9. The average molecular weight is 349 g/mol. The molecular weight excluding hydrogens is 332 g/mol. The zero-order valence-corrected chi connectivity index (χ0v) is 13.1. The largest absolute Gasteiger partial charge is 0.493 e. The first-order chi connectivity index (χ1) is 10.1. The standard InChI is InChI=1S/C15H17BrN4O/c16-11-5-3-9(4-6-11)1-2-10-7-12-13(18-8-10)19-15(17)20-14(12)21/h3-6,10H,1-2,7-8H2,(H4,17,18,19,20,21). The summed E-state index contributed by atoms with van der Waals surface area (Å²) in [6.45, 7) is 0.847. The Kier molecular flexibility index (Phi) is 3.96. The van der Waals surface area contributed by atoms with Crippen LogP contribution >= 0.6 is 15.9 Å². The zero-order chi connectivity index (χ0) is 14.8. The summed E-state index contributed by atoms with van der Waals surface area (Å²) in [6.07, 6.45) is 2.86. The highest BCUT2D eigenvalue weighted by Gasteiger charge is 2.23. The molecule has 1 aromatic heterocycles. The summed E-state index contributed by atoms with van der Waals surface area (Å²) in [6, 6.07) is 8.39. The van der Waals surface area contributed by atoms with E-state index in [1.54, 1.807) is 0 Å². The molecule has 1 aliphatic heterocycles. The van der Waals surface area contributed by atoms with Gasteiger partial charge in [-0.1, -0.05) is 28.1 Å². The normalized spacial score (nSPS) is 17.1. The first-order valence-corrected chi connectivity index (χ1v) is 7.75. The lowest BCUT2D eigenvalue weighted by molar-refractivity contribution is 0.425. The van der Waals surface area contributed by atoms with Gasteiger partial charge in [-0.05, 0) is 42.9 Å². The van der Waals surface area contributed by atoms with Crippen molar-refractivity contribution in [2.75, 3.05) is 17.6 Å². The highest BCUT2D eigenvalue weighted by Crippen LogP contribution is 2.31. The Morgan fingerprint density at radius 3 is 2.81 bits per heavy atom. The molecule has 1 aromatic carbocycles. The molecule has 3 rings (SSSR count). The number of anilines is 2. The maximum Gasteiger partial charge on any atom is 0.225 e. The fraction of sp³-hybridized carbons (Fsp3) is 0.333. The van der Waals surface area contributed by atoms with Crippen molar-refractivity contribution in [2.24, 2.45) is 5.92 Å². The molecule has 0 saturated carbocycles. The highest BCUT2D eigenvalue weighted by molar-refractivity contribution is 9.10.